The van der Waals surface area contributed by atoms with E-state index >= 15 is 0 Å². The fraction of sp³-hybridized carbons (Fsp3) is 0.556. The molecular formula is C18H24ClN3O4. The van der Waals surface area contributed by atoms with Crippen LogP contribution >= 0.6 is 12.4 Å². The van der Waals surface area contributed by atoms with Crippen LogP contribution in [-0.4, -0.2) is 62.1 Å². The number of rotatable bonds is 2. The highest BCUT2D eigenvalue weighted by Gasteiger charge is 2.41. The molecule has 1 N–H and O–H groups in total. The molecule has 142 valence electrons. The zero-order valence-electron chi connectivity index (χ0n) is 14.8. The quantitative estimate of drug-likeness (QED) is 0.775. The minimum absolute atomic E-state index is 0. The van der Waals surface area contributed by atoms with E-state index in [1.165, 1.54) is 0 Å². The van der Waals surface area contributed by atoms with Gasteiger partial charge in [-0.05, 0) is 25.5 Å². The molecule has 0 bridgehead atoms. The number of ether oxygens (including phenoxy) is 2. The van der Waals surface area contributed by atoms with E-state index in [1.54, 1.807) is 4.90 Å². The molecule has 0 radical (unpaired) electrons. The van der Waals surface area contributed by atoms with Gasteiger partial charge in [-0.2, -0.15) is 0 Å². The standard InChI is InChI=1S/C18H23N3O4.ClH/c1-12-11-19-5-7-20(12)17(22)14-4-6-21(18(14)23)13-2-3-15-16(10-13)25-9-8-24-15;/h2-3,10,12,14,19H,4-9,11H2,1H3;1H. The molecule has 2 fully saturated rings. The van der Waals surface area contributed by atoms with Gasteiger partial charge >= 0.3 is 0 Å². The molecule has 0 aromatic heterocycles. The SMILES string of the molecule is CC1CNCCN1C(=O)C1CCN(c2ccc3c(c2)OCCO3)C1=O.Cl. The number of hydrogen-bond acceptors (Lipinski definition) is 5. The van der Waals surface area contributed by atoms with Crippen molar-refractivity contribution in [1.82, 2.24) is 10.2 Å². The molecular weight excluding hydrogens is 358 g/mol. The Hall–Kier alpha value is -1.99. The van der Waals surface area contributed by atoms with Gasteiger partial charge in [-0.25, -0.2) is 0 Å². The number of carbonyl (C=O) groups is 2. The van der Waals surface area contributed by atoms with Gasteiger partial charge in [-0.15, -0.1) is 12.4 Å². The predicted octanol–water partition coefficient (Wildman–Crippen LogP) is 1.05. The van der Waals surface area contributed by atoms with Gasteiger partial charge in [0.25, 0.3) is 0 Å². The lowest BCUT2D eigenvalue weighted by atomic mass is 10.0. The molecule has 2 saturated heterocycles. The number of anilines is 1. The van der Waals surface area contributed by atoms with Crippen LogP contribution in [0.4, 0.5) is 5.69 Å². The van der Waals surface area contributed by atoms with Gasteiger partial charge in [0.1, 0.15) is 19.1 Å². The zero-order valence-corrected chi connectivity index (χ0v) is 15.6. The van der Waals surface area contributed by atoms with Crippen LogP contribution < -0.4 is 19.7 Å². The van der Waals surface area contributed by atoms with Crippen LogP contribution in [-0.2, 0) is 9.59 Å². The van der Waals surface area contributed by atoms with E-state index in [0.29, 0.717) is 44.2 Å². The summed E-state index contributed by atoms with van der Waals surface area (Å²) in [5.74, 6) is 0.617. The highest BCUT2D eigenvalue weighted by Crippen LogP contribution is 2.36. The van der Waals surface area contributed by atoms with Crippen LogP contribution in [0.15, 0.2) is 18.2 Å². The van der Waals surface area contributed by atoms with E-state index in [0.717, 1.165) is 18.8 Å². The summed E-state index contributed by atoms with van der Waals surface area (Å²) in [6, 6.07) is 5.63. The molecule has 8 heteroatoms. The molecule has 0 aliphatic carbocycles. The molecule has 3 aliphatic rings. The van der Waals surface area contributed by atoms with E-state index in [-0.39, 0.29) is 30.3 Å². The number of fused-ring (bicyclic) bond motifs is 1. The van der Waals surface area contributed by atoms with Crippen LogP contribution in [0.25, 0.3) is 0 Å². The Morgan fingerprint density at radius 2 is 1.96 bits per heavy atom. The first-order valence-electron chi connectivity index (χ1n) is 8.87. The zero-order chi connectivity index (χ0) is 17.4. The van der Waals surface area contributed by atoms with Crippen molar-refractivity contribution in [2.45, 2.75) is 19.4 Å². The first-order valence-corrected chi connectivity index (χ1v) is 8.87. The maximum atomic E-state index is 12.9. The van der Waals surface area contributed by atoms with Crippen LogP contribution in [0, 0.1) is 5.92 Å². The molecule has 3 aliphatic heterocycles. The van der Waals surface area contributed by atoms with Crippen LogP contribution in [0.1, 0.15) is 13.3 Å². The second-order valence-electron chi connectivity index (χ2n) is 6.74. The summed E-state index contributed by atoms with van der Waals surface area (Å²) in [5, 5.41) is 3.27. The fourth-order valence-electron chi connectivity index (χ4n) is 3.73. The lowest BCUT2D eigenvalue weighted by Gasteiger charge is -2.35. The van der Waals surface area contributed by atoms with Crippen LogP contribution in [0.3, 0.4) is 0 Å². The van der Waals surface area contributed by atoms with E-state index in [9.17, 15) is 9.59 Å². The Bertz CT molecular complexity index is 699. The molecule has 7 nitrogen and oxygen atoms in total. The van der Waals surface area contributed by atoms with E-state index < -0.39 is 5.92 Å². The van der Waals surface area contributed by atoms with Crippen LogP contribution in [0.5, 0.6) is 11.5 Å². The number of benzene rings is 1. The number of piperazine rings is 1. The van der Waals surface area contributed by atoms with Gasteiger partial charge < -0.3 is 24.6 Å². The Morgan fingerprint density at radius 1 is 1.19 bits per heavy atom. The molecule has 2 unspecified atom stereocenters. The molecule has 3 heterocycles. The van der Waals surface area contributed by atoms with Gasteiger partial charge in [0, 0.05) is 44.0 Å². The van der Waals surface area contributed by atoms with Crippen molar-refractivity contribution in [3.8, 4) is 11.5 Å². The summed E-state index contributed by atoms with van der Waals surface area (Å²) in [4.78, 5) is 29.2. The monoisotopic (exact) mass is 381 g/mol. The fourth-order valence-corrected chi connectivity index (χ4v) is 3.73. The second kappa shape index (κ2) is 7.72. The van der Waals surface area contributed by atoms with Crippen molar-refractivity contribution >= 4 is 29.9 Å². The molecule has 2 atom stereocenters. The smallest absolute Gasteiger partial charge is 0.239 e. The van der Waals surface area contributed by atoms with Gasteiger partial charge in [-0.1, -0.05) is 0 Å². The largest absolute Gasteiger partial charge is 0.486 e. The van der Waals surface area contributed by atoms with E-state index in [1.807, 2.05) is 30.0 Å². The third kappa shape index (κ3) is 3.33. The average Bonchev–Trinajstić information content (AvgIpc) is 3.02. The highest BCUT2D eigenvalue weighted by atomic mass is 35.5. The molecule has 1 aromatic rings. The topological polar surface area (TPSA) is 71.1 Å². The van der Waals surface area contributed by atoms with Gasteiger partial charge in [0.2, 0.25) is 11.8 Å². The van der Waals surface area contributed by atoms with Gasteiger partial charge in [-0.3, -0.25) is 9.59 Å². The van der Waals surface area contributed by atoms with E-state index in [2.05, 4.69) is 5.32 Å². The Kier molecular flexibility index (Phi) is 5.58. The first-order chi connectivity index (χ1) is 12.1. The number of hydrogen-bond donors (Lipinski definition) is 1. The minimum Gasteiger partial charge on any atom is -0.486 e. The number of carbonyl (C=O) groups excluding carboxylic acids is 2. The number of amides is 2. The summed E-state index contributed by atoms with van der Waals surface area (Å²) in [6.45, 7) is 5.83. The molecule has 26 heavy (non-hydrogen) atoms. The molecule has 0 saturated carbocycles. The third-order valence-corrected chi connectivity index (χ3v) is 5.13. The third-order valence-electron chi connectivity index (χ3n) is 5.13. The summed E-state index contributed by atoms with van der Waals surface area (Å²) in [5.41, 5.74) is 0.762. The second-order valence-corrected chi connectivity index (χ2v) is 6.74. The maximum Gasteiger partial charge on any atom is 0.239 e. The van der Waals surface area contributed by atoms with E-state index in [4.69, 9.17) is 9.47 Å². The van der Waals surface area contributed by atoms with Crippen molar-refractivity contribution < 1.29 is 19.1 Å². The number of nitrogens with one attached hydrogen (secondary N) is 1. The van der Waals surface area contributed by atoms with Crippen LogP contribution in [0.2, 0.25) is 0 Å². The average molecular weight is 382 g/mol. The maximum absolute atomic E-state index is 12.9. The molecule has 0 spiro atoms. The van der Waals surface area contributed by atoms with Crippen molar-refractivity contribution in [2.75, 3.05) is 44.3 Å². The minimum atomic E-state index is -0.575. The van der Waals surface area contributed by atoms with Gasteiger partial charge in [0.05, 0.1) is 0 Å². The van der Waals surface area contributed by atoms with Gasteiger partial charge in [0.15, 0.2) is 11.5 Å². The lowest BCUT2D eigenvalue weighted by Crippen LogP contribution is -2.54. The highest BCUT2D eigenvalue weighted by molar-refractivity contribution is 6.09. The Morgan fingerprint density at radius 3 is 2.73 bits per heavy atom. The van der Waals surface area contributed by atoms with Crippen molar-refractivity contribution in [1.29, 1.82) is 0 Å². The molecule has 4 rings (SSSR count). The summed E-state index contributed by atoms with van der Waals surface area (Å²) in [6.07, 6.45) is 0.558. The Labute approximate surface area is 159 Å². The van der Waals surface area contributed by atoms with Crippen molar-refractivity contribution in [2.24, 2.45) is 5.92 Å². The summed E-state index contributed by atoms with van der Waals surface area (Å²) < 4.78 is 11.1. The van der Waals surface area contributed by atoms with Crippen molar-refractivity contribution in [3.05, 3.63) is 18.2 Å². The summed E-state index contributed by atoms with van der Waals surface area (Å²) >= 11 is 0. The normalized spacial score (nSPS) is 25.0. The Balaban J connectivity index is 0.00000196. The molecule has 1 aromatic carbocycles. The number of nitrogens with zero attached hydrogens (tertiary/aromatic N) is 2. The summed E-state index contributed by atoms with van der Waals surface area (Å²) in [7, 11) is 0. The number of halogens is 1. The lowest BCUT2D eigenvalue weighted by molar-refractivity contribution is -0.142. The predicted molar refractivity (Wildman–Crippen MR) is 99.2 cm³/mol. The first kappa shape index (κ1) is 18.8. The molecule has 2 amide bonds. The van der Waals surface area contributed by atoms with Crippen molar-refractivity contribution in [3.63, 3.8) is 0 Å².